The van der Waals surface area contributed by atoms with Crippen LogP contribution in [0.2, 0.25) is 5.02 Å². The molecule has 1 fully saturated rings. The summed E-state index contributed by atoms with van der Waals surface area (Å²) in [6.45, 7) is 2.97. The van der Waals surface area contributed by atoms with Crippen LogP contribution in [-0.2, 0) is 4.79 Å². The summed E-state index contributed by atoms with van der Waals surface area (Å²) in [7, 11) is 0. The lowest BCUT2D eigenvalue weighted by Gasteiger charge is -2.22. The van der Waals surface area contributed by atoms with Crippen molar-refractivity contribution in [2.24, 2.45) is 5.92 Å². The van der Waals surface area contributed by atoms with Crippen LogP contribution in [0.15, 0.2) is 29.2 Å². The molecule has 1 aliphatic rings. The Morgan fingerprint density at radius 2 is 2.19 bits per heavy atom. The van der Waals surface area contributed by atoms with E-state index >= 15 is 0 Å². The predicted molar refractivity (Wildman–Crippen MR) is 90.0 cm³/mol. The molecular weight excluding hydrogens is 304 g/mol. The number of carbonyl (C=O) groups is 1. The minimum Gasteiger partial charge on any atom is -0.356 e. The molecule has 0 bridgehead atoms. The van der Waals surface area contributed by atoms with Crippen molar-refractivity contribution in [1.82, 2.24) is 10.6 Å². The van der Waals surface area contributed by atoms with Crippen molar-refractivity contribution in [1.29, 1.82) is 0 Å². The molecule has 2 N–H and O–H groups in total. The Labute approximate surface area is 136 Å². The Morgan fingerprint density at radius 1 is 1.38 bits per heavy atom. The van der Waals surface area contributed by atoms with Gasteiger partial charge >= 0.3 is 0 Å². The van der Waals surface area contributed by atoms with Gasteiger partial charge in [0, 0.05) is 22.9 Å². The summed E-state index contributed by atoms with van der Waals surface area (Å²) in [5.74, 6) is 1.74. The summed E-state index contributed by atoms with van der Waals surface area (Å²) >= 11 is 7.62. The Bertz CT molecular complexity index is 432. The van der Waals surface area contributed by atoms with Gasteiger partial charge in [0.25, 0.3) is 0 Å². The molecule has 1 aliphatic heterocycles. The van der Waals surface area contributed by atoms with E-state index in [1.807, 2.05) is 24.3 Å². The third-order valence-corrected chi connectivity index (χ3v) is 4.97. The van der Waals surface area contributed by atoms with Crippen LogP contribution >= 0.6 is 23.4 Å². The van der Waals surface area contributed by atoms with E-state index in [4.69, 9.17) is 11.6 Å². The van der Waals surface area contributed by atoms with E-state index in [0.717, 1.165) is 36.8 Å². The van der Waals surface area contributed by atoms with Crippen LogP contribution in [-0.4, -0.2) is 31.3 Å². The highest BCUT2D eigenvalue weighted by atomic mass is 35.5. The zero-order valence-corrected chi connectivity index (χ0v) is 13.8. The molecule has 116 valence electrons. The maximum atomic E-state index is 11.8. The number of hydrogen-bond acceptors (Lipinski definition) is 3. The number of thioether (sulfide) groups is 1. The van der Waals surface area contributed by atoms with Gasteiger partial charge in [-0.15, -0.1) is 11.8 Å². The van der Waals surface area contributed by atoms with Crippen LogP contribution in [0, 0.1) is 5.92 Å². The molecule has 0 radical (unpaired) electrons. The molecule has 1 atom stereocenters. The zero-order chi connectivity index (χ0) is 14.9. The summed E-state index contributed by atoms with van der Waals surface area (Å²) in [6.07, 6.45) is 3.96. The molecule has 1 heterocycles. The van der Waals surface area contributed by atoms with Crippen molar-refractivity contribution in [2.75, 3.05) is 25.4 Å². The minimum atomic E-state index is 0.178. The highest BCUT2D eigenvalue weighted by Gasteiger charge is 2.13. The van der Waals surface area contributed by atoms with Crippen LogP contribution in [0.5, 0.6) is 0 Å². The molecule has 1 unspecified atom stereocenters. The predicted octanol–water partition coefficient (Wildman–Crippen LogP) is 3.33. The lowest BCUT2D eigenvalue weighted by Crippen LogP contribution is -2.38. The monoisotopic (exact) mass is 326 g/mol. The largest absolute Gasteiger partial charge is 0.356 e. The molecule has 3 nitrogen and oxygen atoms in total. The second kappa shape index (κ2) is 9.34. The first-order chi connectivity index (χ1) is 10.2. The van der Waals surface area contributed by atoms with Gasteiger partial charge in [0.15, 0.2) is 0 Å². The smallest absolute Gasteiger partial charge is 0.220 e. The molecule has 1 amide bonds. The van der Waals surface area contributed by atoms with Crippen molar-refractivity contribution < 1.29 is 4.79 Å². The maximum Gasteiger partial charge on any atom is 0.220 e. The van der Waals surface area contributed by atoms with Gasteiger partial charge in [-0.2, -0.15) is 0 Å². The first-order valence-corrected chi connectivity index (χ1v) is 8.96. The molecule has 0 aliphatic carbocycles. The number of halogens is 1. The van der Waals surface area contributed by atoms with E-state index < -0.39 is 0 Å². The summed E-state index contributed by atoms with van der Waals surface area (Å²) in [6, 6.07) is 7.83. The van der Waals surface area contributed by atoms with E-state index in [0.29, 0.717) is 12.3 Å². The lowest BCUT2D eigenvalue weighted by atomic mass is 10.00. The van der Waals surface area contributed by atoms with Crippen LogP contribution in [0.25, 0.3) is 0 Å². The van der Waals surface area contributed by atoms with E-state index in [2.05, 4.69) is 10.6 Å². The summed E-state index contributed by atoms with van der Waals surface area (Å²) in [5, 5.41) is 7.18. The number of carbonyl (C=O) groups excluding carboxylic acids is 1. The summed E-state index contributed by atoms with van der Waals surface area (Å²) < 4.78 is 0. The topological polar surface area (TPSA) is 41.1 Å². The number of rotatable bonds is 7. The Balaban J connectivity index is 1.53. The highest BCUT2D eigenvalue weighted by Crippen LogP contribution is 2.21. The van der Waals surface area contributed by atoms with Gasteiger partial charge in [0.05, 0.1) is 0 Å². The normalized spacial score (nSPS) is 18.4. The van der Waals surface area contributed by atoms with Crippen LogP contribution in [0.3, 0.4) is 0 Å². The highest BCUT2D eigenvalue weighted by molar-refractivity contribution is 7.99. The third kappa shape index (κ3) is 6.72. The first kappa shape index (κ1) is 16.7. The molecule has 1 aromatic rings. The molecule has 2 rings (SSSR count). The Hall–Kier alpha value is -0.710. The second-order valence-electron chi connectivity index (χ2n) is 5.42. The number of amides is 1. The van der Waals surface area contributed by atoms with Crippen LogP contribution in [0.1, 0.15) is 25.7 Å². The SMILES string of the molecule is O=C(CCCSc1ccc(Cl)cc1)NCC1CCCNC1. The average molecular weight is 327 g/mol. The molecular formula is C16H23ClN2OS. The van der Waals surface area contributed by atoms with E-state index in [-0.39, 0.29) is 5.91 Å². The van der Waals surface area contributed by atoms with Gasteiger partial charge < -0.3 is 10.6 Å². The fourth-order valence-corrected chi connectivity index (χ4v) is 3.38. The van der Waals surface area contributed by atoms with Crippen molar-refractivity contribution in [3.63, 3.8) is 0 Å². The molecule has 0 aromatic heterocycles. The van der Waals surface area contributed by atoms with Crippen LogP contribution in [0.4, 0.5) is 0 Å². The zero-order valence-electron chi connectivity index (χ0n) is 12.2. The average Bonchev–Trinajstić information content (AvgIpc) is 2.52. The van der Waals surface area contributed by atoms with Gasteiger partial charge in [-0.3, -0.25) is 4.79 Å². The minimum absolute atomic E-state index is 0.178. The standard InChI is InChI=1S/C16H23ClN2OS/c17-14-5-7-15(8-6-14)21-10-2-4-16(20)19-12-13-3-1-9-18-11-13/h5-8,13,18H,1-4,9-12H2,(H,19,20). The van der Waals surface area contributed by atoms with Gasteiger partial charge in [-0.25, -0.2) is 0 Å². The van der Waals surface area contributed by atoms with Gasteiger partial charge in [-0.1, -0.05) is 11.6 Å². The quantitative estimate of drug-likeness (QED) is 0.596. The molecule has 1 aromatic carbocycles. The molecule has 0 spiro atoms. The summed E-state index contributed by atoms with van der Waals surface area (Å²) in [5.41, 5.74) is 0. The number of hydrogen-bond donors (Lipinski definition) is 2. The molecule has 0 saturated carbocycles. The van der Waals surface area contributed by atoms with Gasteiger partial charge in [0.1, 0.15) is 0 Å². The van der Waals surface area contributed by atoms with E-state index in [1.54, 1.807) is 11.8 Å². The molecule has 1 saturated heterocycles. The Kier molecular flexibility index (Phi) is 7.41. The van der Waals surface area contributed by atoms with E-state index in [1.165, 1.54) is 17.7 Å². The van der Waals surface area contributed by atoms with Crippen molar-refractivity contribution in [3.05, 3.63) is 29.3 Å². The van der Waals surface area contributed by atoms with Crippen molar-refractivity contribution in [3.8, 4) is 0 Å². The van der Waals surface area contributed by atoms with E-state index in [9.17, 15) is 4.79 Å². The fourth-order valence-electron chi connectivity index (χ4n) is 2.40. The van der Waals surface area contributed by atoms with Crippen LogP contribution < -0.4 is 10.6 Å². The fraction of sp³-hybridized carbons (Fsp3) is 0.562. The lowest BCUT2D eigenvalue weighted by molar-refractivity contribution is -0.121. The van der Waals surface area contributed by atoms with Gasteiger partial charge in [-0.05, 0) is 68.3 Å². The van der Waals surface area contributed by atoms with Crippen molar-refractivity contribution in [2.45, 2.75) is 30.6 Å². The second-order valence-corrected chi connectivity index (χ2v) is 7.03. The first-order valence-electron chi connectivity index (χ1n) is 7.60. The number of nitrogens with one attached hydrogen (secondary N) is 2. The third-order valence-electron chi connectivity index (χ3n) is 3.62. The molecule has 5 heteroatoms. The molecule has 21 heavy (non-hydrogen) atoms. The van der Waals surface area contributed by atoms with Gasteiger partial charge in [0.2, 0.25) is 5.91 Å². The van der Waals surface area contributed by atoms with Crippen molar-refractivity contribution >= 4 is 29.3 Å². The summed E-state index contributed by atoms with van der Waals surface area (Å²) in [4.78, 5) is 13.0. The maximum absolute atomic E-state index is 11.8. The number of piperidine rings is 1. The number of benzene rings is 1. The Morgan fingerprint density at radius 3 is 2.90 bits per heavy atom.